The third-order valence-electron chi connectivity index (χ3n) is 6.41. The number of benzene rings is 3. The van der Waals surface area contributed by atoms with Gasteiger partial charge in [-0.25, -0.2) is 0 Å². The Morgan fingerprint density at radius 1 is 0.969 bits per heavy atom. The Kier molecular flexibility index (Phi) is 5.01. The Morgan fingerprint density at radius 2 is 1.62 bits per heavy atom. The molecule has 1 heterocycles. The Morgan fingerprint density at radius 3 is 2.25 bits per heavy atom. The molecule has 0 spiro atoms. The lowest BCUT2D eigenvalue weighted by molar-refractivity contribution is 0.341. The second-order valence-corrected chi connectivity index (χ2v) is 8.84. The Hall–Kier alpha value is -3.18. The molecule has 1 saturated carbocycles. The lowest BCUT2D eigenvalue weighted by Gasteiger charge is -2.15. The van der Waals surface area contributed by atoms with Crippen molar-refractivity contribution in [3.63, 3.8) is 0 Å². The van der Waals surface area contributed by atoms with Gasteiger partial charge in [-0.2, -0.15) is 0 Å². The van der Waals surface area contributed by atoms with E-state index in [0.717, 1.165) is 52.4 Å². The summed E-state index contributed by atoms with van der Waals surface area (Å²) in [5.41, 5.74) is 9.54. The van der Waals surface area contributed by atoms with E-state index in [0.29, 0.717) is 24.3 Å². The van der Waals surface area contributed by atoms with Crippen molar-refractivity contribution in [3.05, 3.63) is 59.8 Å². The molecule has 0 atom stereocenters. The average Bonchev–Trinajstić information content (AvgIpc) is 3.40. The molecule has 3 N–H and O–H groups in total. The second-order valence-electron chi connectivity index (χ2n) is 8.84. The van der Waals surface area contributed by atoms with Gasteiger partial charge in [0.1, 0.15) is 11.5 Å². The molecule has 0 saturated heterocycles. The van der Waals surface area contributed by atoms with Crippen LogP contribution in [-0.2, 0) is 6.42 Å². The number of hydrogen-bond donors (Lipinski definition) is 2. The van der Waals surface area contributed by atoms with Gasteiger partial charge in [-0.05, 0) is 57.2 Å². The van der Waals surface area contributed by atoms with Crippen molar-refractivity contribution in [1.29, 1.82) is 0 Å². The normalized spacial score (nSPS) is 14.8. The highest BCUT2D eigenvalue weighted by atomic mass is 16.5. The van der Waals surface area contributed by atoms with Crippen LogP contribution in [0.25, 0.3) is 27.2 Å². The summed E-state index contributed by atoms with van der Waals surface area (Å²) in [4.78, 5) is 0. The quantitative estimate of drug-likeness (QED) is 0.399. The predicted octanol–water partition coefficient (Wildman–Crippen LogP) is 5.63. The zero-order valence-electron chi connectivity index (χ0n) is 18.9. The molecule has 0 unspecified atom stereocenters. The Bertz CT molecular complexity index is 1320. The van der Waals surface area contributed by atoms with Gasteiger partial charge in [-0.3, -0.25) is 4.57 Å². The van der Waals surface area contributed by atoms with Crippen molar-refractivity contribution in [1.82, 2.24) is 4.57 Å². The van der Waals surface area contributed by atoms with E-state index < -0.39 is 0 Å². The molecule has 5 nitrogen and oxygen atoms in total. The van der Waals surface area contributed by atoms with E-state index in [-0.39, 0.29) is 11.4 Å². The van der Waals surface area contributed by atoms with E-state index >= 15 is 0 Å². The summed E-state index contributed by atoms with van der Waals surface area (Å²) in [7, 11) is 0. The fraction of sp³-hybridized carbons (Fsp3) is 0.333. The van der Waals surface area contributed by atoms with Gasteiger partial charge >= 0.3 is 0 Å². The molecule has 0 bridgehead atoms. The number of aromatic hydroxyl groups is 1. The number of fused-ring (bicyclic) bond motifs is 2. The van der Waals surface area contributed by atoms with E-state index in [1.807, 2.05) is 48.9 Å². The highest BCUT2D eigenvalue weighted by molar-refractivity contribution is 6.13. The molecule has 5 heteroatoms. The van der Waals surface area contributed by atoms with Crippen molar-refractivity contribution in [2.45, 2.75) is 45.6 Å². The van der Waals surface area contributed by atoms with Crippen molar-refractivity contribution >= 4 is 21.5 Å². The number of aryl methyl sites for hydroxylation is 1. The van der Waals surface area contributed by atoms with Crippen LogP contribution in [0.15, 0.2) is 48.7 Å². The lowest BCUT2D eigenvalue weighted by Crippen LogP contribution is -2.24. The fourth-order valence-electron chi connectivity index (χ4n) is 4.67. The number of nitrogens with zero attached hydrogens (tertiary/aromatic N) is 1. The van der Waals surface area contributed by atoms with Crippen LogP contribution in [0.3, 0.4) is 0 Å². The van der Waals surface area contributed by atoms with E-state index in [1.54, 1.807) is 0 Å². The summed E-state index contributed by atoms with van der Waals surface area (Å²) < 4.78 is 14.0. The maximum absolute atomic E-state index is 11.4. The minimum Gasteiger partial charge on any atom is -0.494 e. The van der Waals surface area contributed by atoms with Crippen LogP contribution in [0.2, 0.25) is 0 Å². The number of aromatic nitrogens is 1. The summed E-state index contributed by atoms with van der Waals surface area (Å²) >= 11 is 0. The zero-order valence-corrected chi connectivity index (χ0v) is 18.9. The molecular formula is C27H30N2O3. The SMILES string of the molecule is CCOc1c2ccccc2c(OCC)c2c(O)n(-c3ccc(CC4(N)CC4)cc3C)cc12. The van der Waals surface area contributed by atoms with Gasteiger partial charge in [-0.15, -0.1) is 0 Å². The van der Waals surface area contributed by atoms with Gasteiger partial charge in [0.15, 0.2) is 0 Å². The van der Waals surface area contributed by atoms with Crippen molar-refractivity contribution < 1.29 is 14.6 Å². The van der Waals surface area contributed by atoms with Crippen LogP contribution in [0.5, 0.6) is 17.4 Å². The van der Waals surface area contributed by atoms with Crippen LogP contribution in [0, 0.1) is 6.92 Å². The Labute approximate surface area is 188 Å². The van der Waals surface area contributed by atoms with Crippen LogP contribution in [0.4, 0.5) is 0 Å². The third kappa shape index (κ3) is 3.37. The molecule has 1 aromatic heterocycles. The summed E-state index contributed by atoms with van der Waals surface area (Å²) in [5.74, 6) is 1.61. The molecule has 4 aromatic rings. The van der Waals surface area contributed by atoms with Crippen molar-refractivity contribution in [2.75, 3.05) is 13.2 Å². The predicted molar refractivity (Wildman–Crippen MR) is 129 cm³/mol. The van der Waals surface area contributed by atoms with Crippen LogP contribution in [0.1, 0.15) is 37.8 Å². The van der Waals surface area contributed by atoms with Crippen molar-refractivity contribution in [2.24, 2.45) is 5.73 Å². The summed E-state index contributed by atoms with van der Waals surface area (Å²) in [6.45, 7) is 7.04. The summed E-state index contributed by atoms with van der Waals surface area (Å²) in [6.07, 6.45) is 5.02. The largest absolute Gasteiger partial charge is 0.494 e. The van der Waals surface area contributed by atoms with E-state index in [1.165, 1.54) is 5.56 Å². The minimum absolute atomic E-state index is 0.0306. The Balaban J connectivity index is 1.73. The molecule has 0 aliphatic heterocycles. The van der Waals surface area contributed by atoms with E-state index in [4.69, 9.17) is 15.2 Å². The maximum Gasteiger partial charge on any atom is 0.207 e. The van der Waals surface area contributed by atoms with E-state index in [2.05, 4.69) is 25.1 Å². The molecule has 5 rings (SSSR count). The molecule has 1 aliphatic rings. The van der Waals surface area contributed by atoms with Gasteiger partial charge in [-0.1, -0.05) is 36.4 Å². The first-order valence-corrected chi connectivity index (χ1v) is 11.4. The van der Waals surface area contributed by atoms with Gasteiger partial charge in [0.2, 0.25) is 5.88 Å². The van der Waals surface area contributed by atoms with Crippen LogP contribution >= 0.6 is 0 Å². The third-order valence-corrected chi connectivity index (χ3v) is 6.41. The molecule has 0 amide bonds. The number of nitrogens with two attached hydrogens (primary N) is 1. The topological polar surface area (TPSA) is 69.6 Å². The lowest BCUT2D eigenvalue weighted by atomic mass is 10.0. The molecular weight excluding hydrogens is 400 g/mol. The number of ether oxygens (including phenoxy) is 2. The van der Waals surface area contributed by atoms with Gasteiger partial charge in [0.25, 0.3) is 0 Å². The van der Waals surface area contributed by atoms with Gasteiger partial charge < -0.3 is 20.3 Å². The first kappa shape index (κ1) is 20.7. The van der Waals surface area contributed by atoms with Crippen LogP contribution < -0.4 is 15.2 Å². The highest BCUT2D eigenvalue weighted by Gasteiger charge is 2.38. The summed E-state index contributed by atoms with van der Waals surface area (Å²) in [5, 5.41) is 14.8. The number of hydrogen-bond acceptors (Lipinski definition) is 4. The zero-order chi connectivity index (χ0) is 22.5. The number of rotatable bonds is 7. The molecule has 166 valence electrons. The van der Waals surface area contributed by atoms with Crippen LogP contribution in [-0.4, -0.2) is 28.4 Å². The molecule has 0 radical (unpaired) electrons. The first-order chi connectivity index (χ1) is 15.5. The smallest absolute Gasteiger partial charge is 0.207 e. The monoisotopic (exact) mass is 430 g/mol. The molecule has 3 aromatic carbocycles. The first-order valence-electron chi connectivity index (χ1n) is 11.4. The maximum atomic E-state index is 11.4. The second kappa shape index (κ2) is 7.75. The molecule has 32 heavy (non-hydrogen) atoms. The van der Waals surface area contributed by atoms with E-state index in [9.17, 15) is 5.11 Å². The summed E-state index contributed by atoms with van der Waals surface area (Å²) in [6, 6.07) is 14.4. The van der Waals surface area contributed by atoms with Gasteiger partial charge in [0.05, 0.1) is 29.7 Å². The fourth-order valence-corrected chi connectivity index (χ4v) is 4.67. The highest BCUT2D eigenvalue weighted by Crippen LogP contribution is 2.48. The molecule has 1 aliphatic carbocycles. The van der Waals surface area contributed by atoms with Gasteiger partial charge in [0, 0.05) is 22.5 Å². The molecule has 1 fully saturated rings. The standard InChI is InChI=1S/C27H30N2O3/c1-4-31-24-19-8-6-7-9-20(19)25(32-5-2)23-21(24)16-29(26(23)30)22-11-10-18(14-17(22)3)15-27(28)12-13-27/h6-11,14,16,30H,4-5,12-13,15,28H2,1-3H3. The average molecular weight is 431 g/mol. The van der Waals surface area contributed by atoms with Crippen molar-refractivity contribution in [3.8, 4) is 23.1 Å². The minimum atomic E-state index is -0.0306.